The largest absolute Gasteiger partial charge is 0.393 e. The Kier molecular flexibility index (Phi) is 15.1. The van der Waals surface area contributed by atoms with Crippen molar-refractivity contribution in [1.29, 1.82) is 0 Å². The fourth-order valence-corrected chi connectivity index (χ4v) is 3.74. The molecule has 3 heteroatoms. The van der Waals surface area contributed by atoms with E-state index in [2.05, 4.69) is 23.8 Å². The van der Waals surface area contributed by atoms with Crippen LogP contribution in [0.2, 0.25) is 0 Å². The molecule has 0 aromatic carbocycles. The third kappa shape index (κ3) is 13.7. The van der Waals surface area contributed by atoms with Crippen molar-refractivity contribution in [3.8, 4) is 0 Å². The Morgan fingerprint density at radius 2 is 1.22 bits per heavy atom. The fraction of sp³-hybridized carbons (Fsp3) is 0.833. The predicted octanol–water partition coefficient (Wildman–Crippen LogP) is 7.28. The van der Waals surface area contributed by atoms with Crippen molar-refractivity contribution >= 4 is 11.9 Å². The molecule has 0 saturated carbocycles. The van der Waals surface area contributed by atoms with Crippen LogP contribution >= 0.6 is 0 Å². The first kappa shape index (κ1) is 23.9. The lowest BCUT2D eigenvalue weighted by Crippen LogP contribution is -2.06. The Hall–Kier alpha value is -1.12. The van der Waals surface area contributed by atoms with E-state index in [1.807, 2.05) is 0 Å². The summed E-state index contributed by atoms with van der Waals surface area (Å²) in [6, 6.07) is 0. The summed E-state index contributed by atoms with van der Waals surface area (Å²) < 4.78 is 4.57. The van der Waals surface area contributed by atoms with Gasteiger partial charge in [0.2, 0.25) is 0 Å². The van der Waals surface area contributed by atoms with E-state index in [0.29, 0.717) is 0 Å². The van der Waals surface area contributed by atoms with Crippen LogP contribution in [0.3, 0.4) is 0 Å². The molecule has 1 heterocycles. The number of hydrogen-bond donors (Lipinski definition) is 0. The molecule has 0 N–H and O–H groups in total. The molecule has 1 fully saturated rings. The lowest BCUT2D eigenvalue weighted by atomic mass is 10.0. The van der Waals surface area contributed by atoms with Gasteiger partial charge in [0.1, 0.15) is 0 Å². The predicted molar refractivity (Wildman–Crippen MR) is 113 cm³/mol. The highest BCUT2D eigenvalue weighted by Crippen LogP contribution is 2.21. The van der Waals surface area contributed by atoms with E-state index >= 15 is 0 Å². The zero-order chi connectivity index (χ0) is 19.6. The van der Waals surface area contributed by atoms with Gasteiger partial charge in [-0.2, -0.15) is 0 Å². The molecule has 1 saturated heterocycles. The van der Waals surface area contributed by atoms with Crippen molar-refractivity contribution in [2.24, 2.45) is 5.92 Å². The Bertz CT molecular complexity index is 414. The molecule has 156 valence electrons. The minimum Gasteiger partial charge on any atom is -0.393 e. The van der Waals surface area contributed by atoms with Crippen LogP contribution in [0.15, 0.2) is 12.2 Å². The summed E-state index contributed by atoms with van der Waals surface area (Å²) in [7, 11) is 0. The van der Waals surface area contributed by atoms with Gasteiger partial charge in [0.25, 0.3) is 0 Å². The molecule has 1 rings (SSSR count). The summed E-state index contributed by atoms with van der Waals surface area (Å²) in [5.41, 5.74) is 0. The van der Waals surface area contributed by atoms with Crippen LogP contribution in [0, 0.1) is 5.92 Å². The van der Waals surface area contributed by atoms with Crippen molar-refractivity contribution in [3.05, 3.63) is 12.2 Å². The summed E-state index contributed by atoms with van der Waals surface area (Å²) in [5.74, 6) is -0.870. The van der Waals surface area contributed by atoms with E-state index in [9.17, 15) is 9.59 Å². The number of cyclic esters (lactones) is 2. The number of carbonyl (C=O) groups excluding carboxylic acids is 2. The molecule has 1 unspecified atom stereocenters. The smallest absolute Gasteiger partial charge is 0.317 e. The molecular formula is C24H42O3. The zero-order valence-corrected chi connectivity index (χ0v) is 17.7. The third-order valence-corrected chi connectivity index (χ3v) is 5.53. The van der Waals surface area contributed by atoms with Gasteiger partial charge in [0, 0.05) is 0 Å². The van der Waals surface area contributed by atoms with E-state index < -0.39 is 0 Å². The maximum atomic E-state index is 11.3. The minimum absolute atomic E-state index is 0.188. The summed E-state index contributed by atoms with van der Waals surface area (Å²) in [6.45, 7) is 2.28. The van der Waals surface area contributed by atoms with E-state index in [4.69, 9.17) is 0 Å². The van der Waals surface area contributed by atoms with Crippen molar-refractivity contribution < 1.29 is 14.3 Å². The quantitative estimate of drug-likeness (QED) is 0.109. The third-order valence-electron chi connectivity index (χ3n) is 5.53. The van der Waals surface area contributed by atoms with Crippen LogP contribution in [-0.4, -0.2) is 11.9 Å². The summed E-state index contributed by atoms with van der Waals surface area (Å²) >= 11 is 0. The molecule has 1 aliphatic heterocycles. The fourth-order valence-electron chi connectivity index (χ4n) is 3.74. The van der Waals surface area contributed by atoms with E-state index in [1.54, 1.807) is 0 Å². The van der Waals surface area contributed by atoms with Crippen LogP contribution in [-0.2, 0) is 14.3 Å². The molecule has 27 heavy (non-hydrogen) atoms. The summed E-state index contributed by atoms with van der Waals surface area (Å²) in [4.78, 5) is 22.3. The van der Waals surface area contributed by atoms with Crippen LogP contribution < -0.4 is 0 Å². The highest BCUT2D eigenvalue weighted by molar-refractivity contribution is 5.94. The van der Waals surface area contributed by atoms with Gasteiger partial charge in [-0.15, -0.1) is 0 Å². The number of esters is 2. The van der Waals surface area contributed by atoms with Gasteiger partial charge < -0.3 is 4.74 Å². The highest BCUT2D eigenvalue weighted by atomic mass is 16.6. The van der Waals surface area contributed by atoms with Gasteiger partial charge >= 0.3 is 11.9 Å². The number of allylic oxidation sites excluding steroid dienone is 2. The van der Waals surface area contributed by atoms with Crippen molar-refractivity contribution in [2.75, 3.05) is 0 Å². The second-order valence-electron chi connectivity index (χ2n) is 8.13. The Labute approximate surface area is 167 Å². The first-order valence-electron chi connectivity index (χ1n) is 11.6. The van der Waals surface area contributed by atoms with Crippen LogP contribution in [0.4, 0.5) is 0 Å². The molecular weight excluding hydrogens is 336 g/mol. The zero-order valence-electron chi connectivity index (χ0n) is 17.7. The Balaban J connectivity index is 1.75. The maximum absolute atomic E-state index is 11.3. The number of hydrogen-bond acceptors (Lipinski definition) is 3. The Morgan fingerprint density at radius 1 is 0.741 bits per heavy atom. The van der Waals surface area contributed by atoms with Gasteiger partial charge in [0.05, 0.1) is 12.3 Å². The van der Waals surface area contributed by atoms with E-state index in [1.165, 1.54) is 89.9 Å². The topological polar surface area (TPSA) is 43.4 Å². The lowest BCUT2D eigenvalue weighted by molar-refractivity contribution is -0.153. The van der Waals surface area contributed by atoms with Crippen LogP contribution in [0.1, 0.15) is 122 Å². The Morgan fingerprint density at radius 3 is 1.70 bits per heavy atom. The second-order valence-corrected chi connectivity index (χ2v) is 8.13. The normalized spacial score (nSPS) is 17.1. The van der Waals surface area contributed by atoms with Crippen molar-refractivity contribution in [2.45, 2.75) is 122 Å². The molecule has 0 amide bonds. The average molecular weight is 379 g/mol. The van der Waals surface area contributed by atoms with E-state index in [0.717, 1.165) is 19.3 Å². The monoisotopic (exact) mass is 378 g/mol. The molecule has 1 atom stereocenters. The average Bonchev–Trinajstić information content (AvgIpc) is 2.98. The molecule has 0 radical (unpaired) electrons. The summed E-state index contributed by atoms with van der Waals surface area (Å²) in [6.07, 6.45) is 26.9. The van der Waals surface area contributed by atoms with Gasteiger partial charge in [-0.3, -0.25) is 9.59 Å². The molecule has 0 bridgehead atoms. The molecule has 0 aromatic rings. The minimum atomic E-state index is -0.358. The molecule has 3 nitrogen and oxygen atoms in total. The van der Waals surface area contributed by atoms with Crippen LogP contribution in [0.5, 0.6) is 0 Å². The molecule has 1 aliphatic rings. The number of rotatable bonds is 18. The standard InChI is InChI=1S/C24H42O3/c1-2-3-4-5-6-7-8-9-10-11-12-13-14-15-16-17-18-19-20-22-21-23(25)27-24(22)26/h16-17,22H,2-15,18-21H2,1H3/b17-16+. The lowest BCUT2D eigenvalue weighted by Gasteiger charge is -2.02. The van der Waals surface area contributed by atoms with E-state index in [-0.39, 0.29) is 24.3 Å². The summed E-state index contributed by atoms with van der Waals surface area (Å²) in [5, 5.41) is 0. The highest BCUT2D eigenvalue weighted by Gasteiger charge is 2.32. The maximum Gasteiger partial charge on any atom is 0.317 e. The molecule has 0 spiro atoms. The second kappa shape index (κ2) is 17.0. The van der Waals surface area contributed by atoms with Gasteiger partial charge in [-0.25, -0.2) is 0 Å². The first-order chi connectivity index (χ1) is 13.2. The number of ether oxygens (including phenoxy) is 1. The molecule has 0 aliphatic carbocycles. The van der Waals surface area contributed by atoms with Crippen molar-refractivity contribution in [1.82, 2.24) is 0 Å². The molecule has 0 aromatic heterocycles. The SMILES string of the molecule is CCCCCCCCCCCCCCC/C=C/CCCC1CC(=O)OC1=O. The van der Waals surface area contributed by atoms with Gasteiger partial charge in [-0.05, 0) is 32.1 Å². The number of carbonyl (C=O) groups is 2. The van der Waals surface area contributed by atoms with Crippen LogP contribution in [0.25, 0.3) is 0 Å². The number of unbranched alkanes of at least 4 members (excludes halogenated alkanes) is 14. The van der Waals surface area contributed by atoms with Gasteiger partial charge in [0.15, 0.2) is 0 Å². The van der Waals surface area contributed by atoms with Crippen molar-refractivity contribution in [3.63, 3.8) is 0 Å². The van der Waals surface area contributed by atoms with Gasteiger partial charge in [-0.1, -0.05) is 96.1 Å². The first-order valence-corrected chi connectivity index (χ1v) is 11.6.